The molecular weight excluding hydrogens is 168 g/mol. The Hall–Kier alpha value is -1.01. The molecule has 2 nitrogen and oxygen atoms in total. The summed E-state index contributed by atoms with van der Waals surface area (Å²) < 4.78 is 0. The average Bonchev–Trinajstić information content (AvgIpc) is 1.99. The van der Waals surface area contributed by atoms with Crippen molar-refractivity contribution in [2.45, 2.75) is 18.9 Å². The molecule has 0 spiro atoms. The summed E-state index contributed by atoms with van der Waals surface area (Å²) in [5, 5.41) is 0.956. The molecule has 62 valence electrons. The minimum Gasteiger partial charge on any atom is -0.238 e. The molecule has 0 saturated carbocycles. The summed E-state index contributed by atoms with van der Waals surface area (Å²) in [5.41, 5.74) is 0.988. The first kappa shape index (κ1) is 9.08. The molecule has 0 atom stereocenters. The van der Waals surface area contributed by atoms with E-state index in [0.717, 1.165) is 16.5 Å². The summed E-state index contributed by atoms with van der Waals surface area (Å²) in [4.78, 5) is 8.39. The fourth-order valence-corrected chi connectivity index (χ4v) is 1.55. The first-order chi connectivity index (χ1) is 5.72. The van der Waals surface area contributed by atoms with Gasteiger partial charge in [0.1, 0.15) is 10.9 Å². The zero-order valence-corrected chi connectivity index (χ0v) is 7.98. The Morgan fingerprint density at radius 3 is 2.83 bits per heavy atom. The van der Waals surface area contributed by atoms with E-state index in [1.807, 2.05) is 19.9 Å². The van der Waals surface area contributed by atoms with E-state index < -0.39 is 0 Å². The van der Waals surface area contributed by atoms with E-state index >= 15 is 0 Å². The predicted molar refractivity (Wildman–Crippen MR) is 51.1 cm³/mol. The Labute approximate surface area is 76.8 Å². The second-order valence-corrected chi connectivity index (χ2v) is 3.38. The Kier molecular flexibility index (Phi) is 3.12. The minimum atomic E-state index is 0.663. The molecule has 0 aliphatic heterocycles. The number of aromatic nitrogens is 2. The van der Waals surface area contributed by atoms with Crippen LogP contribution in [0.25, 0.3) is 0 Å². The largest absolute Gasteiger partial charge is 0.238 e. The van der Waals surface area contributed by atoms with Crippen LogP contribution in [0.3, 0.4) is 0 Å². The normalized spacial score (nSPS) is 9.42. The van der Waals surface area contributed by atoms with Gasteiger partial charge < -0.3 is 0 Å². The third-order valence-corrected chi connectivity index (χ3v) is 2.06. The van der Waals surface area contributed by atoms with E-state index in [1.54, 1.807) is 11.8 Å². The number of terminal acetylenes is 1. The summed E-state index contributed by atoms with van der Waals surface area (Å²) in [6, 6.07) is 1.94. The van der Waals surface area contributed by atoms with Gasteiger partial charge in [-0.15, -0.1) is 6.42 Å². The highest BCUT2D eigenvalue weighted by Crippen LogP contribution is 2.14. The Balaban J connectivity index is 2.80. The maximum atomic E-state index is 5.14. The molecule has 0 aliphatic carbocycles. The van der Waals surface area contributed by atoms with E-state index in [1.165, 1.54) is 0 Å². The lowest BCUT2D eigenvalue weighted by Gasteiger charge is -1.99. The van der Waals surface area contributed by atoms with Crippen LogP contribution in [0.1, 0.15) is 11.5 Å². The molecule has 0 unspecified atom stereocenters. The Morgan fingerprint density at radius 2 is 2.25 bits per heavy atom. The Bertz CT molecular complexity index is 295. The van der Waals surface area contributed by atoms with Crippen LogP contribution in [0.15, 0.2) is 11.1 Å². The van der Waals surface area contributed by atoms with Crippen molar-refractivity contribution in [2.75, 3.05) is 5.75 Å². The van der Waals surface area contributed by atoms with Gasteiger partial charge in [-0.05, 0) is 19.9 Å². The van der Waals surface area contributed by atoms with Gasteiger partial charge >= 0.3 is 0 Å². The van der Waals surface area contributed by atoms with Crippen LogP contribution in [0, 0.1) is 26.2 Å². The van der Waals surface area contributed by atoms with Gasteiger partial charge in [0, 0.05) is 5.69 Å². The molecule has 0 aromatic carbocycles. The van der Waals surface area contributed by atoms with Crippen molar-refractivity contribution in [1.29, 1.82) is 0 Å². The molecule has 0 bridgehead atoms. The van der Waals surface area contributed by atoms with Crippen LogP contribution < -0.4 is 0 Å². The number of hydrogen-bond acceptors (Lipinski definition) is 3. The first-order valence-corrected chi connectivity index (χ1v) is 4.59. The maximum absolute atomic E-state index is 5.14. The van der Waals surface area contributed by atoms with Crippen molar-refractivity contribution < 1.29 is 0 Å². The average molecular weight is 178 g/mol. The minimum absolute atomic E-state index is 0.663. The van der Waals surface area contributed by atoms with Gasteiger partial charge in [0.05, 0.1) is 5.75 Å². The van der Waals surface area contributed by atoms with E-state index in [-0.39, 0.29) is 0 Å². The lowest BCUT2D eigenvalue weighted by Crippen LogP contribution is -1.92. The summed E-state index contributed by atoms with van der Waals surface area (Å²) >= 11 is 1.56. The molecule has 0 fully saturated rings. The van der Waals surface area contributed by atoms with Gasteiger partial charge in [-0.25, -0.2) is 9.97 Å². The van der Waals surface area contributed by atoms with Crippen molar-refractivity contribution >= 4 is 11.8 Å². The third kappa shape index (κ3) is 2.55. The second-order valence-electron chi connectivity index (χ2n) is 2.39. The number of thioether (sulfide) groups is 1. The molecule has 0 aliphatic rings. The standard InChI is InChI=1S/C9H10N2S/c1-4-5-12-9-6-7(2)10-8(3)11-9/h1,6H,5H2,2-3H3. The zero-order valence-electron chi connectivity index (χ0n) is 7.16. The molecule has 1 aromatic rings. The van der Waals surface area contributed by atoms with E-state index in [9.17, 15) is 0 Å². The van der Waals surface area contributed by atoms with Gasteiger partial charge in [0.15, 0.2) is 0 Å². The van der Waals surface area contributed by atoms with Crippen molar-refractivity contribution in [3.63, 3.8) is 0 Å². The predicted octanol–water partition coefficient (Wildman–Crippen LogP) is 1.82. The van der Waals surface area contributed by atoms with Crippen LogP contribution in [-0.2, 0) is 0 Å². The molecule has 3 heteroatoms. The summed E-state index contributed by atoms with van der Waals surface area (Å²) in [5.74, 6) is 4.02. The third-order valence-electron chi connectivity index (χ3n) is 1.25. The van der Waals surface area contributed by atoms with E-state index in [0.29, 0.717) is 5.75 Å². The molecule has 1 aromatic heterocycles. The van der Waals surface area contributed by atoms with E-state index in [2.05, 4.69) is 15.9 Å². The van der Waals surface area contributed by atoms with Gasteiger partial charge in [-0.2, -0.15) is 0 Å². The monoisotopic (exact) mass is 178 g/mol. The van der Waals surface area contributed by atoms with E-state index in [4.69, 9.17) is 6.42 Å². The van der Waals surface area contributed by atoms with Crippen LogP contribution >= 0.6 is 11.8 Å². The van der Waals surface area contributed by atoms with Crippen LogP contribution in [0.2, 0.25) is 0 Å². The van der Waals surface area contributed by atoms with Gasteiger partial charge in [-0.3, -0.25) is 0 Å². The quantitative estimate of drug-likeness (QED) is 0.392. The van der Waals surface area contributed by atoms with Crippen molar-refractivity contribution in [3.05, 3.63) is 17.6 Å². The first-order valence-electron chi connectivity index (χ1n) is 3.61. The summed E-state index contributed by atoms with van der Waals surface area (Å²) in [6.07, 6.45) is 5.14. The number of aryl methyl sites for hydroxylation is 2. The maximum Gasteiger partial charge on any atom is 0.126 e. The molecular formula is C9H10N2S. The van der Waals surface area contributed by atoms with Crippen LogP contribution in [-0.4, -0.2) is 15.7 Å². The second kappa shape index (κ2) is 4.13. The lowest BCUT2D eigenvalue weighted by atomic mass is 10.4. The SMILES string of the molecule is C#CCSc1cc(C)nc(C)n1. The highest BCUT2D eigenvalue weighted by Gasteiger charge is 1.97. The molecule has 0 saturated heterocycles. The molecule has 0 N–H and O–H groups in total. The van der Waals surface area contributed by atoms with Gasteiger partial charge in [0.25, 0.3) is 0 Å². The van der Waals surface area contributed by atoms with Crippen molar-refractivity contribution in [3.8, 4) is 12.3 Å². The molecule has 1 rings (SSSR count). The fraction of sp³-hybridized carbons (Fsp3) is 0.333. The van der Waals surface area contributed by atoms with Crippen LogP contribution in [0.5, 0.6) is 0 Å². The number of hydrogen-bond donors (Lipinski definition) is 0. The zero-order chi connectivity index (χ0) is 8.97. The topological polar surface area (TPSA) is 25.8 Å². The van der Waals surface area contributed by atoms with Crippen molar-refractivity contribution in [1.82, 2.24) is 9.97 Å². The summed E-state index contributed by atoms with van der Waals surface area (Å²) in [6.45, 7) is 3.83. The fourth-order valence-electron chi connectivity index (χ4n) is 0.872. The molecule has 1 heterocycles. The summed E-state index contributed by atoms with van der Waals surface area (Å²) in [7, 11) is 0. The molecule has 0 radical (unpaired) electrons. The highest BCUT2D eigenvalue weighted by molar-refractivity contribution is 7.99. The number of nitrogens with zero attached hydrogens (tertiary/aromatic N) is 2. The molecule has 0 amide bonds. The smallest absolute Gasteiger partial charge is 0.126 e. The van der Waals surface area contributed by atoms with Gasteiger partial charge in [-0.1, -0.05) is 17.7 Å². The molecule has 12 heavy (non-hydrogen) atoms. The lowest BCUT2D eigenvalue weighted by molar-refractivity contribution is 0.937. The van der Waals surface area contributed by atoms with Crippen molar-refractivity contribution in [2.24, 2.45) is 0 Å². The highest BCUT2D eigenvalue weighted by atomic mass is 32.2. The Morgan fingerprint density at radius 1 is 1.50 bits per heavy atom. The number of rotatable bonds is 2. The van der Waals surface area contributed by atoms with Crippen LogP contribution in [0.4, 0.5) is 0 Å². The van der Waals surface area contributed by atoms with Gasteiger partial charge in [0.2, 0.25) is 0 Å².